The number of rotatable bonds is 4. The van der Waals surface area contributed by atoms with Crippen LogP contribution in [0.25, 0.3) is 11.3 Å². The molecule has 0 saturated carbocycles. The van der Waals surface area contributed by atoms with Gasteiger partial charge in [-0.05, 0) is 18.2 Å². The summed E-state index contributed by atoms with van der Waals surface area (Å²) in [5.74, 6) is 0.200. The first-order valence-electron chi connectivity index (χ1n) is 5.15. The predicted molar refractivity (Wildman–Crippen MR) is 60.9 cm³/mol. The molecule has 0 N–H and O–H groups in total. The summed E-state index contributed by atoms with van der Waals surface area (Å²) in [6, 6.07) is 8.27. The molecule has 0 aliphatic heterocycles. The minimum atomic E-state index is -0.753. The molecule has 0 bridgehead atoms. The van der Waals surface area contributed by atoms with E-state index in [9.17, 15) is 4.39 Å². The molecule has 0 radical (unpaired) electrons. The Morgan fingerprint density at radius 1 is 1.12 bits per heavy atom. The highest BCUT2D eigenvalue weighted by atomic mass is 19.1. The lowest BCUT2D eigenvalue weighted by molar-refractivity contribution is -0.107. The van der Waals surface area contributed by atoms with Gasteiger partial charge < -0.3 is 13.9 Å². The van der Waals surface area contributed by atoms with Gasteiger partial charge in [-0.1, -0.05) is 12.1 Å². The third-order valence-electron chi connectivity index (χ3n) is 2.50. The van der Waals surface area contributed by atoms with E-state index in [4.69, 9.17) is 13.9 Å². The molecule has 1 heterocycles. The van der Waals surface area contributed by atoms with E-state index in [2.05, 4.69) is 0 Å². The van der Waals surface area contributed by atoms with Crippen LogP contribution in [-0.4, -0.2) is 14.2 Å². The van der Waals surface area contributed by atoms with Crippen molar-refractivity contribution in [2.24, 2.45) is 0 Å². The number of hydrogen-bond acceptors (Lipinski definition) is 3. The number of methoxy groups -OCH3 is 2. The van der Waals surface area contributed by atoms with E-state index in [0.717, 1.165) is 0 Å². The average Bonchev–Trinajstić information content (AvgIpc) is 2.86. The van der Waals surface area contributed by atoms with Gasteiger partial charge in [-0.3, -0.25) is 0 Å². The van der Waals surface area contributed by atoms with Crippen LogP contribution >= 0.6 is 0 Å². The van der Waals surface area contributed by atoms with Crippen LogP contribution in [0.5, 0.6) is 0 Å². The second-order valence-corrected chi connectivity index (χ2v) is 3.48. The summed E-state index contributed by atoms with van der Waals surface area (Å²) >= 11 is 0. The maximum atomic E-state index is 13.9. The lowest BCUT2D eigenvalue weighted by Gasteiger charge is -2.17. The fourth-order valence-corrected chi connectivity index (χ4v) is 1.76. The van der Waals surface area contributed by atoms with Gasteiger partial charge in [0.25, 0.3) is 0 Å². The van der Waals surface area contributed by atoms with Crippen LogP contribution in [0.15, 0.2) is 41.0 Å². The Labute approximate surface area is 98.8 Å². The minimum absolute atomic E-state index is 0.340. The molecule has 90 valence electrons. The molecule has 4 heteroatoms. The predicted octanol–water partition coefficient (Wildman–Crippen LogP) is 3.38. The molecule has 0 aliphatic carbocycles. The molecule has 3 nitrogen and oxygen atoms in total. The molecule has 0 aliphatic rings. The zero-order valence-corrected chi connectivity index (χ0v) is 9.64. The van der Waals surface area contributed by atoms with E-state index >= 15 is 0 Å². The maximum Gasteiger partial charge on any atom is 0.186 e. The van der Waals surface area contributed by atoms with Crippen molar-refractivity contribution in [3.05, 3.63) is 48.0 Å². The van der Waals surface area contributed by atoms with Crippen molar-refractivity contribution < 1.29 is 18.3 Å². The van der Waals surface area contributed by atoms with Crippen molar-refractivity contribution in [2.75, 3.05) is 14.2 Å². The highest BCUT2D eigenvalue weighted by molar-refractivity contribution is 5.62. The molecular weight excluding hydrogens is 223 g/mol. The van der Waals surface area contributed by atoms with Gasteiger partial charge in [0.05, 0.1) is 11.8 Å². The van der Waals surface area contributed by atoms with E-state index in [1.54, 1.807) is 30.5 Å². The van der Waals surface area contributed by atoms with Crippen molar-refractivity contribution in [3.63, 3.8) is 0 Å². The first-order chi connectivity index (χ1) is 8.27. The van der Waals surface area contributed by atoms with E-state index < -0.39 is 6.29 Å². The fourth-order valence-electron chi connectivity index (χ4n) is 1.76. The van der Waals surface area contributed by atoms with Gasteiger partial charge in [0.15, 0.2) is 6.29 Å². The van der Waals surface area contributed by atoms with Gasteiger partial charge in [-0.25, -0.2) is 4.39 Å². The third-order valence-corrected chi connectivity index (χ3v) is 2.50. The van der Waals surface area contributed by atoms with Gasteiger partial charge >= 0.3 is 0 Å². The van der Waals surface area contributed by atoms with Gasteiger partial charge in [-0.2, -0.15) is 0 Å². The minimum Gasteiger partial charge on any atom is -0.464 e. The molecule has 0 amide bonds. The molecule has 2 aromatic rings. The van der Waals surface area contributed by atoms with Gasteiger partial charge in [0, 0.05) is 19.8 Å². The van der Waals surface area contributed by atoms with Crippen molar-refractivity contribution in [1.29, 1.82) is 0 Å². The summed E-state index contributed by atoms with van der Waals surface area (Å²) in [6.45, 7) is 0. The Morgan fingerprint density at radius 2 is 1.88 bits per heavy atom. The number of furan rings is 1. The molecule has 0 unspecified atom stereocenters. The molecule has 0 spiro atoms. The van der Waals surface area contributed by atoms with E-state index in [-0.39, 0.29) is 5.82 Å². The maximum absolute atomic E-state index is 13.9. The Balaban J connectivity index is 2.56. The molecule has 1 aromatic heterocycles. The zero-order valence-electron chi connectivity index (χ0n) is 9.64. The Kier molecular flexibility index (Phi) is 3.56. The Morgan fingerprint density at radius 3 is 2.47 bits per heavy atom. The van der Waals surface area contributed by atoms with E-state index in [1.165, 1.54) is 20.3 Å². The van der Waals surface area contributed by atoms with Crippen molar-refractivity contribution >= 4 is 0 Å². The van der Waals surface area contributed by atoms with E-state index in [1.807, 2.05) is 0 Å². The quantitative estimate of drug-likeness (QED) is 0.763. The zero-order chi connectivity index (χ0) is 12.3. The Bertz CT molecular complexity index is 475. The summed E-state index contributed by atoms with van der Waals surface area (Å²) < 4.78 is 29.3. The summed E-state index contributed by atoms with van der Waals surface area (Å²) in [5.41, 5.74) is 0.969. The lowest BCUT2D eigenvalue weighted by Crippen LogP contribution is -2.08. The molecule has 0 saturated heterocycles. The number of benzene rings is 1. The highest BCUT2D eigenvalue weighted by Crippen LogP contribution is 2.32. The van der Waals surface area contributed by atoms with Crippen LogP contribution in [0.2, 0.25) is 0 Å². The molecular formula is C13H13FO3. The second kappa shape index (κ2) is 5.12. The summed E-state index contributed by atoms with van der Waals surface area (Å²) in [5, 5.41) is 0. The topological polar surface area (TPSA) is 31.6 Å². The van der Waals surface area contributed by atoms with Crippen LogP contribution < -0.4 is 0 Å². The summed E-state index contributed by atoms with van der Waals surface area (Å²) in [4.78, 5) is 0. The molecule has 17 heavy (non-hydrogen) atoms. The normalized spacial score (nSPS) is 11.1. The van der Waals surface area contributed by atoms with Crippen molar-refractivity contribution in [3.8, 4) is 11.3 Å². The van der Waals surface area contributed by atoms with Gasteiger partial charge in [-0.15, -0.1) is 0 Å². The van der Waals surface area contributed by atoms with Crippen LogP contribution in [0, 0.1) is 5.82 Å². The smallest absolute Gasteiger partial charge is 0.186 e. The first kappa shape index (κ1) is 11.8. The van der Waals surface area contributed by atoms with Gasteiger partial charge in [0.1, 0.15) is 11.6 Å². The van der Waals surface area contributed by atoms with Gasteiger partial charge in [0.2, 0.25) is 0 Å². The second-order valence-electron chi connectivity index (χ2n) is 3.48. The standard InChI is InChI=1S/C13H13FO3/c1-15-13(16-2)12-9(5-3-6-10(12)14)11-7-4-8-17-11/h3-8,13H,1-2H3. The van der Waals surface area contributed by atoms with Crippen LogP contribution in [0.4, 0.5) is 4.39 Å². The largest absolute Gasteiger partial charge is 0.464 e. The fraction of sp³-hybridized carbons (Fsp3) is 0.231. The number of ether oxygens (including phenoxy) is 2. The van der Waals surface area contributed by atoms with Crippen LogP contribution in [0.1, 0.15) is 11.9 Å². The number of halogens is 1. The Hall–Kier alpha value is -1.65. The molecule has 2 rings (SSSR count). The van der Waals surface area contributed by atoms with Crippen molar-refractivity contribution in [1.82, 2.24) is 0 Å². The SMILES string of the molecule is COC(OC)c1c(F)cccc1-c1ccco1. The lowest BCUT2D eigenvalue weighted by atomic mass is 10.0. The molecule has 0 fully saturated rings. The first-order valence-corrected chi connectivity index (χ1v) is 5.15. The van der Waals surface area contributed by atoms with E-state index in [0.29, 0.717) is 16.9 Å². The van der Waals surface area contributed by atoms with Crippen molar-refractivity contribution in [2.45, 2.75) is 6.29 Å². The van der Waals surface area contributed by atoms with Crippen LogP contribution in [0.3, 0.4) is 0 Å². The highest BCUT2D eigenvalue weighted by Gasteiger charge is 2.20. The van der Waals surface area contributed by atoms with Crippen LogP contribution in [-0.2, 0) is 9.47 Å². The summed E-state index contributed by atoms with van der Waals surface area (Å²) in [7, 11) is 2.93. The monoisotopic (exact) mass is 236 g/mol. The number of hydrogen-bond donors (Lipinski definition) is 0. The average molecular weight is 236 g/mol. The third kappa shape index (κ3) is 2.23. The molecule has 0 atom stereocenters. The molecule has 1 aromatic carbocycles. The summed E-state index contributed by atoms with van der Waals surface area (Å²) in [6.07, 6.45) is 0.787.